The molecule has 0 radical (unpaired) electrons. The molecule has 1 amide bonds. The van der Waals surface area contributed by atoms with Crippen molar-refractivity contribution in [2.75, 3.05) is 12.4 Å². The number of hydrogen-bond acceptors (Lipinski definition) is 7. The minimum Gasteiger partial charge on any atom is -0.497 e. The molecule has 4 aromatic carbocycles. The lowest BCUT2D eigenvalue weighted by molar-refractivity contribution is -0.384. The van der Waals surface area contributed by atoms with Crippen molar-refractivity contribution >= 4 is 34.9 Å². The SMILES string of the molecule is COc1cccc(C(=O)[C@@H]2[C@H](C(=O)c3cccc([N+](=O)[O-])c3)N3C=Cc4ccccc4[C@@H]3[C@]23C(=O)Nc2ccccc23)c1. The van der Waals surface area contributed by atoms with Gasteiger partial charge < -0.3 is 15.0 Å². The number of amides is 1. The molecule has 4 atom stereocenters. The quantitative estimate of drug-likeness (QED) is 0.182. The van der Waals surface area contributed by atoms with Crippen molar-refractivity contribution < 1.29 is 24.0 Å². The normalized spacial score (nSPS) is 22.9. The summed E-state index contributed by atoms with van der Waals surface area (Å²) in [6.45, 7) is 0. The summed E-state index contributed by atoms with van der Waals surface area (Å²) < 4.78 is 5.40. The van der Waals surface area contributed by atoms with E-state index in [0.29, 0.717) is 17.0 Å². The number of Topliss-reactive ketones (excluding diaryl/α,β-unsaturated/α-hetero) is 2. The van der Waals surface area contributed by atoms with E-state index in [0.717, 1.165) is 11.1 Å². The zero-order valence-corrected chi connectivity index (χ0v) is 23.0. The van der Waals surface area contributed by atoms with E-state index >= 15 is 0 Å². The fourth-order valence-corrected chi connectivity index (χ4v) is 7.07. The van der Waals surface area contributed by atoms with Crippen LogP contribution in [0.4, 0.5) is 11.4 Å². The van der Waals surface area contributed by atoms with E-state index in [2.05, 4.69) is 5.32 Å². The Hall–Kier alpha value is -5.57. The third-order valence-electron chi connectivity index (χ3n) is 8.82. The number of benzene rings is 4. The molecule has 43 heavy (non-hydrogen) atoms. The van der Waals surface area contributed by atoms with E-state index < -0.39 is 39.9 Å². The van der Waals surface area contributed by atoms with Crippen LogP contribution < -0.4 is 10.1 Å². The molecule has 9 heteroatoms. The van der Waals surface area contributed by atoms with E-state index in [1.54, 1.807) is 41.4 Å². The lowest BCUT2D eigenvalue weighted by atomic mass is 9.62. The highest BCUT2D eigenvalue weighted by atomic mass is 16.6. The average Bonchev–Trinajstić information content (AvgIpc) is 3.52. The highest BCUT2D eigenvalue weighted by molar-refractivity contribution is 6.16. The predicted molar refractivity (Wildman–Crippen MR) is 159 cm³/mol. The van der Waals surface area contributed by atoms with Crippen LogP contribution >= 0.6 is 0 Å². The standard InChI is InChI=1S/C34H25N3O6/c1-43-24-12-7-10-22(19-24)30(38)28-29(31(39)21-9-6-11-23(18-21)37(41)42)36-17-16-20-8-2-3-13-25(20)32(36)34(28)26-14-4-5-15-27(26)35-33(34)40/h2-19,28-29,32H,1H3,(H,35,40)/t28-,29+,32+,34+/m0/s1. The number of ketones is 2. The van der Waals surface area contributed by atoms with Crippen molar-refractivity contribution in [3.05, 3.63) is 141 Å². The summed E-state index contributed by atoms with van der Waals surface area (Å²) in [6.07, 6.45) is 3.63. The maximum absolute atomic E-state index is 14.9. The molecule has 212 valence electrons. The molecule has 0 saturated carbocycles. The molecule has 0 aromatic heterocycles. The van der Waals surface area contributed by atoms with Crippen molar-refractivity contribution in [1.82, 2.24) is 4.90 Å². The van der Waals surface area contributed by atoms with E-state index in [1.165, 1.54) is 31.4 Å². The van der Waals surface area contributed by atoms with Gasteiger partial charge in [-0.1, -0.05) is 66.7 Å². The molecule has 0 aliphatic carbocycles. The Bertz CT molecular complexity index is 1880. The molecule has 4 aromatic rings. The molecule has 7 rings (SSSR count). The first-order valence-electron chi connectivity index (χ1n) is 13.8. The number of para-hydroxylation sites is 1. The van der Waals surface area contributed by atoms with Crippen LogP contribution in [-0.4, -0.2) is 40.4 Å². The first kappa shape index (κ1) is 26.3. The van der Waals surface area contributed by atoms with Crippen molar-refractivity contribution in [2.45, 2.75) is 17.5 Å². The zero-order valence-electron chi connectivity index (χ0n) is 23.0. The van der Waals surface area contributed by atoms with Crippen LogP contribution in [0.1, 0.15) is 43.4 Å². The summed E-state index contributed by atoms with van der Waals surface area (Å²) in [7, 11) is 1.50. The number of methoxy groups -OCH3 is 1. The molecule has 1 fully saturated rings. The zero-order chi connectivity index (χ0) is 29.9. The molecule has 3 aliphatic rings. The molecule has 3 aliphatic heterocycles. The van der Waals surface area contributed by atoms with Gasteiger partial charge in [0.05, 0.1) is 24.0 Å². The summed E-state index contributed by atoms with van der Waals surface area (Å²) in [5, 5.41) is 14.6. The summed E-state index contributed by atoms with van der Waals surface area (Å²) >= 11 is 0. The van der Waals surface area contributed by atoms with Gasteiger partial charge in [0.2, 0.25) is 5.91 Å². The number of carbonyl (C=O) groups is 3. The van der Waals surface area contributed by atoms with Crippen LogP contribution in [0.25, 0.3) is 6.08 Å². The Balaban J connectivity index is 1.53. The molecule has 0 bridgehead atoms. The van der Waals surface area contributed by atoms with Crippen molar-refractivity contribution in [3.63, 3.8) is 0 Å². The van der Waals surface area contributed by atoms with Crippen LogP contribution in [0.5, 0.6) is 5.75 Å². The molecular formula is C34H25N3O6. The summed E-state index contributed by atoms with van der Waals surface area (Å²) in [5.74, 6) is -2.03. The van der Waals surface area contributed by atoms with Gasteiger partial charge in [0, 0.05) is 35.1 Å². The van der Waals surface area contributed by atoms with Gasteiger partial charge in [0.1, 0.15) is 17.2 Å². The molecule has 0 unspecified atom stereocenters. The number of nitro benzene ring substituents is 1. The van der Waals surface area contributed by atoms with E-state index in [-0.39, 0.29) is 22.7 Å². The maximum Gasteiger partial charge on any atom is 0.270 e. The summed E-state index contributed by atoms with van der Waals surface area (Å²) in [4.78, 5) is 56.8. The van der Waals surface area contributed by atoms with Gasteiger partial charge in [-0.25, -0.2) is 0 Å². The van der Waals surface area contributed by atoms with Gasteiger partial charge in [-0.2, -0.15) is 0 Å². The van der Waals surface area contributed by atoms with Crippen molar-refractivity contribution in [2.24, 2.45) is 5.92 Å². The fraction of sp³-hybridized carbons (Fsp3) is 0.147. The van der Waals surface area contributed by atoms with Crippen LogP contribution in [0.15, 0.2) is 103 Å². The number of hydrogen-bond donors (Lipinski definition) is 1. The topological polar surface area (TPSA) is 119 Å². The number of nitrogens with one attached hydrogen (secondary N) is 1. The van der Waals surface area contributed by atoms with E-state index in [9.17, 15) is 24.5 Å². The molecule has 9 nitrogen and oxygen atoms in total. The number of ether oxygens (including phenoxy) is 1. The Morgan fingerprint density at radius 1 is 0.907 bits per heavy atom. The van der Waals surface area contributed by atoms with Crippen molar-refractivity contribution in [1.29, 1.82) is 0 Å². The molecule has 1 spiro atoms. The number of anilines is 1. The van der Waals surface area contributed by atoms with Gasteiger partial charge >= 0.3 is 0 Å². The van der Waals surface area contributed by atoms with Crippen LogP contribution in [0, 0.1) is 16.0 Å². The van der Waals surface area contributed by atoms with E-state index in [1.807, 2.05) is 48.5 Å². The monoisotopic (exact) mass is 571 g/mol. The summed E-state index contributed by atoms with van der Waals surface area (Å²) in [6, 6.07) is 25.1. The van der Waals surface area contributed by atoms with Crippen LogP contribution in [0.2, 0.25) is 0 Å². The van der Waals surface area contributed by atoms with Gasteiger partial charge in [-0.05, 0) is 41.0 Å². The third-order valence-corrected chi connectivity index (χ3v) is 8.82. The average molecular weight is 572 g/mol. The summed E-state index contributed by atoms with van der Waals surface area (Å²) in [5.41, 5.74) is 1.49. The minimum atomic E-state index is -1.50. The Kier molecular flexibility index (Phi) is 5.98. The Morgan fingerprint density at radius 3 is 2.42 bits per heavy atom. The second-order valence-electron chi connectivity index (χ2n) is 10.9. The van der Waals surface area contributed by atoms with Crippen molar-refractivity contribution in [3.8, 4) is 5.75 Å². The van der Waals surface area contributed by atoms with Crippen LogP contribution in [0.3, 0.4) is 0 Å². The lowest BCUT2D eigenvalue weighted by Crippen LogP contribution is -2.49. The second kappa shape index (κ2) is 9.77. The first-order chi connectivity index (χ1) is 20.9. The van der Waals surface area contributed by atoms with Gasteiger partial charge in [0.15, 0.2) is 11.6 Å². The van der Waals surface area contributed by atoms with E-state index in [4.69, 9.17) is 4.74 Å². The highest BCUT2D eigenvalue weighted by Crippen LogP contribution is 2.62. The number of non-ortho nitro benzene ring substituents is 1. The number of nitro groups is 1. The van der Waals surface area contributed by atoms with Crippen LogP contribution in [-0.2, 0) is 10.2 Å². The van der Waals surface area contributed by atoms with Gasteiger partial charge in [0.25, 0.3) is 5.69 Å². The minimum absolute atomic E-state index is 0.0809. The first-order valence-corrected chi connectivity index (χ1v) is 13.8. The highest BCUT2D eigenvalue weighted by Gasteiger charge is 2.70. The molecule has 1 saturated heterocycles. The Labute approximate surface area is 246 Å². The van der Waals surface area contributed by atoms with Gasteiger partial charge in [-0.15, -0.1) is 0 Å². The molecular weight excluding hydrogens is 546 g/mol. The third kappa shape index (κ3) is 3.74. The maximum atomic E-state index is 14.9. The lowest BCUT2D eigenvalue weighted by Gasteiger charge is -2.38. The molecule has 3 heterocycles. The molecule has 1 N–H and O–H groups in total. The largest absolute Gasteiger partial charge is 0.497 e. The number of nitrogens with zero attached hydrogens (tertiary/aromatic N) is 2. The number of fused-ring (bicyclic) bond motifs is 6. The predicted octanol–water partition coefficient (Wildman–Crippen LogP) is 5.59. The fourth-order valence-electron chi connectivity index (χ4n) is 7.07. The Morgan fingerprint density at radius 2 is 1.63 bits per heavy atom. The number of carbonyl (C=O) groups excluding carboxylic acids is 3. The smallest absolute Gasteiger partial charge is 0.270 e. The second-order valence-corrected chi connectivity index (χ2v) is 10.9. The van der Waals surface area contributed by atoms with Gasteiger partial charge in [-0.3, -0.25) is 24.5 Å². The number of rotatable bonds is 6.